The summed E-state index contributed by atoms with van der Waals surface area (Å²) in [7, 11) is 1.57. The maximum absolute atomic E-state index is 13.4. The number of benzene rings is 3. The summed E-state index contributed by atoms with van der Waals surface area (Å²) in [5, 5.41) is 11.5. The van der Waals surface area contributed by atoms with Crippen LogP contribution < -0.4 is 14.4 Å². The predicted molar refractivity (Wildman–Crippen MR) is 140 cm³/mol. The number of Topliss-reactive ketones (excluding diaryl/α,β-unsaturated/α-hetero) is 1. The summed E-state index contributed by atoms with van der Waals surface area (Å²) in [5.41, 5.74) is 3.44. The zero-order valence-electron chi connectivity index (χ0n) is 21.2. The SMILES string of the molecule is COc1ccc(/C(O)=C2\C(=O)C(=O)N(c3cccc(C)c3)C2c2cccc(OCC(C)C)c2)c(C)c1. The topological polar surface area (TPSA) is 76.1 Å². The molecule has 1 fully saturated rings. The number of ketones is 1. The zero-order valence-corrected chi connectivity index (χ0v) is 21.2. The molecule has 0 spiro atoms. The maximum Gasteiger partial charge on any atom is 0.300 e. The van der Waals surface area contributed by atoms with Crippen molar-refractivity contribution in [3.05, 3.63) is 94.6 Å². The van der Waals surface area contributed by atoms with Crippen LogP contribution in [0.25, 0.3) is 5.76 Å². The van der Waals surface area contributed by atoms with Gasteiger partial charge in [0.05, 0.1) is 25.3 Å². The summed E-state index contributed by atoms with van der Waals surface area (Å²) in [6.07, 6.45) is 0. The van der Waals surface area contributed by atoms with Crippen molar-refractivity contribution >= 4 is 23.1 Å². The van der Waals surface area contributed by atoms with Gasteiger partial charge in [-0.1, -0.05) is 38.1 Å². The second-order valence-electron chi connectivity index (χ2n) is 9.47. The van der Waals surface area contributed by atoms with Gasteiger partial charge < -0.3 is 14.6 Å². The highest BCUT2D eigenvalue weighted by Gasteiger charge is 2.47. The number of hydrogen-bond donors (Lipinski definition) is 1. The van der Waals surface area contributed by atoms with Crippen molar-refractivity contribution in [1.29, 1.82) is 0 Å². The van der Waals surface area contributed by atoms with Crippen LogP contribution in [0.4, 0.5) is 5.69 Å². The van der Waals surface area contributed by atoms with E-state index in [-0.39, 0.29) is 11.3 Å². The number of aliphatic hydroxyl groups excluding tert-OH is 1. The lowest BCUT2D eigenvalue weighted by Gasteiger charge is -2.26. The first-order valence-electron chi connectivity index (χ1n) is 12.0. The van der Waals surface area contributed by atoms with Gasteiger partial charge in [0.1, 0.15) is 17.3 Å². The highest BCUT2D eigenvalue weighted by Crippen LogP contribution is 2.43. The summed E-state index contributed by atoms with van der Waals surface area (Å²) < 4.78 is 11.2. The smallest absolute Gasteiger partial charge is 0.300 e. The number of hydrogen-bond acceptors (Lipinski definition) is 5. The minimum atomic E-state index is -0.823. The monoisotopic (exact) mass is 485 g/mol. The van der Waals surface area contributed by atoms with E-state index in [9.17, 15) is 14.7 Å². The fraction of sp³-hybridized carbons (Fsp3) is 0.267. The number of amides is 1. The minimum absolute atomic E-state index is 0.0378. The third kappa shape index (κ3) is 4.85. The molecular weight excluding hydrogens is 454 g/mol. The maximum atomic E-state index is 13.4. The number of anilines is 1. The van der Waals surface area contributed by atoms with E-state index in [4.69, 9.17) is 9.47 Å². The first-order chi connectivity index (χ1) is 17.2. The molecule has 6 nitrogen and oxygen atoms in total. The second kappa shape index (κ2) is 10.3. The van der Waals surface area contributed by atoms with Crippen molar-refractivity contribution in [3.63, 3.8) is 0 Å². The first-order valence-corrected chi connectivity index (χ1v) is 12.0. The number of rotatable bonds is 7. The molecule has 4 rings (SSSR count). The lowest BCUT2D eigenvalue weighted by Crippen LogP contribution is -2.29. The standard InChI is InChI=1S/C30H31NO5/c1-18(2)17-36-24-11-7-9-21(16-24)27-26(28(32)25-13-12-23(35-5)15-20(25)4)29(33)30(34)31(27)22-10-6-8-19(3)14-22/h6-16,18,27,32H,17H2,1-5H3/b28-26+. The Morgan fingerprint density at radius 2 is 1.72 bits per heavy atom. The number of methoxy groups -OCH3 is 1. The summed E-state index contributed by atoms with van der Waals surface area (Å²) in [4.78, 5) is 28.3. The van der Waals surface area contributed by atoms with Crippen LogP contribution in [0.15, 0.2) is 72.3 Å². The molecule has 186 valence electrons. The molecule has 1 amide bonds. The number of ether oxygens (including phenoxy) is 2. The molecule has 1 unspecified atom stereocenters. The van der Waals surface area contributed by atoms with Crippen LogP contribution in [0.5, 0.6) is 11.5 Å². The van der Waals surface area contributed by atoms with Gasteiger partial charge in [0.25, 0.3) is 11.7 Å². The van der Waals surface area contributed by atoms with Gasteiger partial charge in [0.15, 0.2) is 0 Å². The number of carbonyl (C=O) groups is 2. The van der Waals surface area contributed by atoms with E-state index in [1.165, 1.54) is 4.90 Å². The molecule has 0 saturated carbocycles. The molecule has 1 aliphatic heterocycles. The summed E-state index contributed by atoms with van der Waals surface area (Å²) in [5.74, 6) is -0.0335. The van der Waals surface area contributed by atoms with Gasteiger partial charge in [0, 0.05) is 11.3 Å². The van der Waals surface area contributed by atoms with Gasteiger partial charge in [-0.2, -0.15) is 0 Å². The molecule has 3 aromatic rings. The van der Waals surface area contributed by atoms with Gasteiger partial charge in [-0.25, -0.2) is 0 Å². The fourth-order valence-corrected chi connectivity index (χ4v) is 4.40. The molecule has 0 radical (unpaired) electrons. The van der Waals surface area contributed by atoms with Gasteiger partial charge in [-0.05, 0) is 78.9 Å². The Morgan fingerprint density at radius 1 is 0.972 bits per heavy atom. The lowest BCUT2D eigenvalue weighted by molar-refractivity contribution is -0.132. The van der Waals surface area contributed by atoms with Crippen molar-refractivity contribution in [2.24, 2.45) is 5.92 Å². The van der Waals surface area contributed by atoms with E-state index in [0.717, 1.165) is 11.1 Å². The fourth-order valence-electron chi connectivity index (χ4n) is 4.40. The quantitative estimate of drug-likeness (QED) is 0.253. The van der Waals surface area contributed by atoms with E-state index < -0.39 is 17.7 Å². The van der Waals surface area contributed by atoms with Crippen LogP contribution >= 0.6 is 0 Å². The number of aryl methyl sites for hydroxylation is 2. The summed E-state index contributed by atoms with van der Waals surface area (Å²) in [6.45, 7) is 8.41. The van der Waals surface area contributed by atoms with E-state index in [2.05, 4.69) is 13.8 Å². The van der Waals surface area contributed by atoms with Gasteiger partial charge in [-0.3, -0.25) is 14.5 Å². The van der Waals surface area contributed by atoms with E-state index in [1.807, 2.05) is 56.3 Å². The third-order valence-corrected chi connectivity index (χ3v) is 6.17. The second-order valence-corrected chi connectivity index (χ2v) is 9.47. The average molecular weight is 486 g/mol. The molecule has 1 aliphatic rings. The molecule has 1 N–H and O–H groups in total. The third-order valence-electron chi connectivity index (χ3n) is 6.17. The molecule has 0 aromatic heterocycles. The highest BCUT2D eigenvalue weighted by atomic mass is 16.5. The molecule has 1 atom stereocenters. The average Bonchev–Trinajstić information content (AvgIpc) is 3.12. The largest absolute Gasteiger partial charge is 0.507 e. The number of carbonyl (C=O) groups excluding carboxylic acids is 2. The first kappa shape index (κ1) is 25.0. The van der Waals surface area contributed by atoms with Crippen molar-refractivity contribution in [2.45, 2.75) is 33.7 Å². The van der Waals surface area contributed by atoms with Crippen LogP contribution in [-0.2, 0) is 9.59 Å². The Bertz CT molecular complexity index is 1340. The number of aliphatic hydroxyl groups is 1. The summed E-state index contributed by atoms with van der Waals surface area (Å²) in [6, 6.07) is 19.1. The Morgan fingerprint density at radius 3 is 2.39 bits per heavy atom. The molecule has 1 heterocycles. The van der Waals surface area contributed by atoms with Crippen LogP contribution in [0.2, 0.25) is 0 Å². The Hall–Kier alpha value is -4.06. The van der Waals surface area contributed by atoms with Crippen molar-refractivity contribution in [1.82, 2.24) is 0 Å². The molecule has 3 aromatic carbocycles. The predicted octanol–water partition coefficient (Wildman–Crippen LogP) is 5.97. The van der Waals surface area contributed by atoms with Crippen molar-refractivity contribution < 1.29 is 24.2 Å². The van der Waals surface area contributed by atoms with Gasteiger partial charge in [0.2, 0.25) is 0 Å². The van der Waals surface area contributed by atoms with Crippen molar-refractivity contribution in [2.75, 3.05) is 18.6 Å². The Kier molecular flexibility index (Phi) is 7.15. The molecule has 0 aliphatic carbocycles. The minimum Gasteiger partial charge on any atom is -0.507 e. The Labute approximate surface area is 211 Å². The molecule has 0 bridgehead atoms. The molecule has 6 heteroatoms. The summed E-state index contributed by atoms with van der Waals surface area (Å²) >= 11 is 0. The normalized spacial score (nSPS) is 17.1. The number of nitrogens with zero attached hydrogens (tertiary/aromatic N) is 1. The van der Waals surface area contributed by atoms with Gasteiger partial charge >= 0.3 is 0 Å². The van der Waals surface area contributed by atoms with Crippen LogP contribution in [0, 0.1) is 19.8 Å². The zero-order chi connectivity index (χ0) is 26.0. The van der Waals surface area contributed by atoms with Crippen molar-refractivity contribution in [3.8, 4) is 11.5 Å². The van der Waals surface area contributed by atoms with Crippen LogP contribution in [-0.4, -0.2) is 30.5 Å². The van der Waals surface area contributed by atoms with Gasteiger partial charge in [-0.15, -0.1) is 0 Å². The van der Waals surface area contributed by atoms with Crippen LogP contribution in [0.1, 0.15) is 42.1 Å². The highest BCUT2D eigenvalue weighted by molar-refractivity contribution is 6.51. The van der Waals surface area contributed by atoms with E-state index in [0.29, 0.717) is 40.8 Å². The van der Waals surface area contributed by atoms with E-state index in [1.54, 1.807) is 31.4 Å². The Balaban J connectivity index is 1.91. The molecular formula is C30H31NO5. The van der Waals surface area contributed by atoms with Crippen LogP contribution in [0.3, 0.4) is 0 Å². The lowest BCUT2D eigenvalue weighted by atomic mass is 9.93. The van der Waals surface area contributed by atoms with E-state index >= 15 is 0 Å². The molecule has 36 heavy (non-hydrogen) atoms. The molecule has 1 saturated heterocycles.